The van der Waals surface area contributed by atoms with Gasteiger partial charge in [-0.1, -0.05) is 0 Å². The van der Waals surface area contributed by atoms with E-state index in [0.29, 0.717) is 11.3 Å². The number of ketones is 1. The molecule has 4 rings (SSSR count). The van der Waals surface area contributed by atoms with Crippen molar-refractivity contribution in [3.63, 3.8) is 0 Å². The monoisotopic (exact) mass is 423 g/mol. The summed E-state index contributed by atoms with van der Waals surface area (Å²) in [6.07, 6.45) is 8.23. The van der Waals surface area contributed by atoms with Crippen LogP contribution in [-0.4, -0.2) is 37.1 Å². The Morgan fingerprint density at radius 3 is 2.68 bits per heavy atom. The molecule has 0 saturated carbocycles. The molecule has 1 aromatic carbocycles. The lowest BCUT2D eigenvalue weighted by atomic mass is 9.90. The van der Waals surface area contributed by atoms with E-state index < -0.39 is 14.1 Å². The highest BCUT2D eigenvalue weighted by Crippen LogP contribution is 2.48. The largest absolute Gasteiger partial charge is 0.422 e. The van der Waals surface area contributed by atoms with Crippen molar-refractivity contribution in [2.24, 2.45) is 0 Å². The number of Topliss-reactive ketones (excluding diaryl/α,β-unsaturated/α-hetero) is 1. The van der Waals surface area contributed by atoms with Crippen LogP contribution >= 0.6 is 23.3 Å². The molecule has 0 aliphatic carbocycles. The number of fused-ring (bicyclic) bond motifs is 2. The van der Waals surface area contributed by atoms with Gasteiger partial charge in [-0.05, 0) is 70.7 Å². The van der Waals surface area contributed by atoms with Gasteiger partial charge >= 0.3 is 5.63 Å². The van der Waals surface area contributed by atoms with Gasteiger partial charge in [-0.25, -0.2) is 4.79 Å². The van der Waals surface area contributed by atoms with Crippen LogP contribution in [0.4, 0.5) is 5.69 Å². The van der Waals surface area contributed by atoms with E-state index in [1.165, 1.54) is 11.3 Å². The van der Waals surface area contributed by atoms with Crippen molar-refractivity contribution in [2.75, 3.05) is 36.3 Å². The van der Waals surface area contributed by atoms with E-state index in [2.05, 4.69) is 25.8 Å². The quantitative estimate of drug-likeness (QED) is 0.551. The second-order valence-corrected chi connectivity index (χ2v) is 15.7. The molecule has 1 aromatic heterocycles. The summed E-state index contributed by atoms with van der Waals surface area (Å²) in [5.74, 6) is 0.204. The second kappa shape index (κ2) is 6.16. The molecule has 0 saturated heterocycles. The van der Waals surface area contributed by atoms with Crippen molar-refractivity contribution in [3.05, 3.63) is 39.2 Å². The molecule has 0 radical (unpaired) electrons. The minimum atomic E-state index is -1.19. The number of nitrogens with zero attached hydrogens (tertiary/aromatic N) is 1. The van der Waals surface area contributed by atoms with Crippen molar-refractivity contribution >= 4 is 45.7 Å². The Kier molecular flexibility index (Phi) is 4.23. The van der Waals surface area contributed by atoms with Gasteiger partial charge in [0.15, 0.2) is 5.78 Å². The number of carbonyl (C=O) groups is 1. The van der Waals surface area contributed by atoms with Crippen LogP contribution in [0.25, 0.3) is 11.0 Å². The zero-order chi connectivity index (χ0) is 17.8. The summed E-state index contributed by atoms with van der Waals surface area (Å²) >= 11 is 3.56. The molecule has 134 valence electrons. The average molecular weight is 424 g/mol. The molecule has 2 aliphatic rings. The van der Waals surface area contributed by atoms with E-state index in [9.17, 15) is 9.59 Å². The summed E-state index contributed by atoms with van der Waals surface area (Å²) in [4.78, 5) is 27.5. The topological polar surface area (TPSA) is 50.5 Å². The van der Waals surface area contributed by atoms with Crippen LogP contribution in [0.5, 0.6) is 0 Å². The standard InChI is InChI=1S/C19H22BrNO3S/c1-25(2,20)11-16(22)15-10-13-9-12-5-3-7-21-8-4-6-14(17(12)21)18(13)24-19(15)23/h9-10H,3-8,11H2,1-2H3. The van der Waals surface area contributed by atoms with Crippen molar-refractivity contribution in [1.82, 2.24) is 0 Å². The fraction of sp³-hybridized carbons (Fsp3) is 0.474. The predicted octanol–water partition coefficient (Wildman–Crippen LogP) is 4.05. The Balaban J connectivity index is 1.89. The highest BCUT2D eigenvalue weighted by molar-refractivity contribution is 9.58. The van der Waals surface area contributed by atoms with Crippen molar-refractivity contribution < 1.29 is 9.21 Å². The summed E-state index contributed by atoms with van der Waals surface area (Å²) in [7, 11) is -1.19. The number of benzene rings is 1. The first-order chi connectivity index (χ1) is 11.8. The van der Waals surface area contributed by atoms with Gasteiger partial charge in [0.1, 0.15) is 11.1 Å². The first-order valence-corrected chi connectivity index (χ1v) is 13.1. The third kappa shape index (κ3) is 3.14. The normalized spacial score (nSPS) is 17.5. The SMILES string of the molecule is CS(C)(Br)CC(=O)c1cc2cc3c4c(c2oc1=O)CCCN4CCC3. The maximum Gasteiger partial charge on any atom is 0.347 e. The van der Waals surface area contributed by atoms with Crippen LogP contribution in [0.2, 0.25) is 0 Å². The number of hydrogen-bond acceptors (Lipinski definition) is 4. The van der Waals surface area contributed by atoms with Crippen molar-refractivity contribution in [1.29, 1.82) is 0 Å². The first kappa shape index (κ1) is 17.2. The lowest BCUT2D eigenvalue weighted by Crippen LogP contribution is -2.34. The Morgan fingerprint density at radius 1 is 1.24 bits per heavy atom. The number of anilines is 1. The molecule has 2 aliphatic heterocycles. The van der Waals surface area contributed by atoms with Gasteiger partial charge in [-0.3, -0.25) is 4.79 Å². The molecular weight excluding hydrogens is 402 g/mol. The highest BCUT2D eigenvalue weighted by atomic mass is 79.9. The molecule has 0 atom stereocenters. The molecule has 4 nitrogen and oxygen atoms in total. The fourth-order valence-electron chi connectivity index (χ4n) is 4.03. The van der Waals surface area contributed by atoms with Gasteiger partial charge in [0.05, 0.1) is 0 Å². The van der Waals surface area contributed by atoms with Crippen LogP contribution < -0.4 is 10.5 Å². The Hall–Kier alpha value is -1.27. The summed E-state index contributed by atoms with van der Waals surface area (Å²) in [6, 6.07) is 3.88. The number of rotatable bonds is 3. The first-order valence-electron chi connectivity index (χ1n) is 8.65. The Labute approximate surface area is 156 Å². The Bertz CT molecular complexity index is 927. The average Bonchev–Trinajstić information content (AvgIpc) is 2.54. The zero-order valence-electron chi connectivity index (χ0n) is 14.6. The van der Waals surface area contributed by atoms with Crippen LogP contribution in [0, 0.1) is 0 Å². The lowest BCUT2D eigenvalue weighted by molar-refractivity contribution is 0.101. The van der Waals surface area contributed by atoms with Crippen molar-refractivity contribution in [3.8, 4) is 0 Å². The van der Waals surface area contributed by atoms with Gasteiger partial charge in [-0.2, -0.15) is 8.46 Å². The molecular formula is C19H22BrNO3S. The lowest BCUT2D eigenvalue weighted by Gasteiger charge is -2.37. The van der Waals surface area contributed by atoms with E-state index in [1.807, 2.05) is 12.5 Å². The summed E-state index contributed by atoms with van der Waals surface area (Å²) in [5, 5.41) is 0.892. The predicted molar refractivity (Wildman–Crippen MR) is 109 cm³/mol. The minimum Gasteiger partial charge on any atom is -0.422 e. The second-order valence-electron chi connectivity index (χ2n) is 7.39. The number of hydrogen-bond donors (Lipinski definition) is 0. The smallest absolute Gasteiger partial charge is 0.347 e. The van der Waals surface area contributed by atoms with Crippen LogP contribution in [0.1, 0.15) is 34.3 Å². The van der Waals surface area contributed by atoms with Crippen LogP contribution in [-0.2, 0) is 12.8 Å². The molecule has 0 bridgehead atoms. The van der Waals surface area contributed by atoms with E-state index in [4.69, 9.17) is 4.42 Å². The summed E-state index contributed by atoms with van der Waals surface area (Å²) in [5.41, 5.74) is 4.12. The van der Waals surface area contributed by atoms with E-state index >= 15 is 0 Å². The molecule has 6 heteroatoms. The highest BCUT2D eigenvalue weighted by Gasteiger charge is 2.28. The minimum absolute atomic E-state index is 0.138. The van der Waals surface area contributed by atoms with E-state index in [1.54, 1.807) is 6.07 Å². The number of carbonyl (C=O) groups excluding carboxylic acids is 1. The summed E-state index contributed by atoms with van der Waals surface area (Å²) < 4.78 is 5.69. The third-order valence-corrected chi connectivity index (χ3v) is 6.63. The molecule has 2 aromatic rings. The molecule has 0 unspecified atom stereocenters. The maximum absolute atomic E-state index is 12.6. The Morgan fingerprint density at radius 2 is 1.96 bits per heavy atom. The van der Waals surface area contributed by atoms with Gasteiger partial charge < -0.3 is 9.32 Å². The molecule has 0 amide bonds. The fourth-order valence-corrected chi connectivity index (χ4v) is 5.43. The molecule has 3 heterocycles. The van der Waals surface area contributed by atoms with E-state index in [-0.39, 0.29) is 11.3 Å². The van der Waals surface area contributed by atoms with Crippen LogP contribution in [0.3, 0.4) is 0 Å². The van der Waals surface area contributed by atoms with E-state index in [0.717, 1.165) is 49.7 Å². The van der Waals surface area contributed by atoms with Crippen molar-refractivity contribution in [2.45, 2.75) is 25.7 Å². The summed E-state index contributed by atoms with van der Waals surface area (Å²) in [6.45, 7) is 2.16. The van der Waals surface area contributed by atoms with Gasteiger partial charge in [0.2, 0.25) is 0 Å². The van der Waals surface area contributed by atoms with Gasteiger partial charge in [0, 0.05) is 35.5 Å². The molecule has 0 spiro atoms. The number of halogens is 1. The van der Waals surface area contributed by atoms with Crippen LogP contribution in [0.15, 0.2) is 21.3 Å². The third-order valence-electron chi connectivity index (χ3n) is 4.99. The van der Waals surface area contributed by atoms with Gasteiger partial charge in [0.25, 0.3) is 0 Å². The molecule has 0 fully saturated rings. The maximum atomic E-state index is 12.6. The number of aryl methyl sites for hydroxylation is 2. The zero-order valence-corrected chi connectivity index (χ0v) is 17.0. The van der Waals surface area contributed by atoms with Gasteiger partial charge in [-0.15, -0.1) is 0 Å². The molecule has 0 N–H and O–H groups in total. The molecule has 25 heavy (non-hydrogen) atoms.